The van der Waals surface area contributed by atoms with Gasteiger partial charge in [0.2, 0.25) is 0 Å². The molecule has 2 atom stereocenters. The van der Waals surface area contributed by atoms with E-state index in [1.54, 1.807) is 6.20 Å². The summed E-state index contributed by atoms with van der Waals surface area (Å²) in [6, 6.07) is 5.01. The van der Waals surface area contributed by atoms with Crippen molar-refractivity contribution in [3.05, 3.63) is 30.1 Å². The largest absolute Gasteiger partial charge is 0.326 e. The molecule has 0 amide bonds. The van der Waals surface area contributed by atoms with E-state index in [0.29, 0.717) is 6.04 Å². The van der Waals surface area contributed by atoms with E-state index in [4.69, 9.17) is 5.73 Å². The Morgan fingerprint density at radius 3 is 2.41 bits per heavy atom. The second-order valence-corrected chi connectivity index (χ2v) is 4.73. The molecule has 2 unspecified atom stereocenters. The lowest BCUT2D eigenvalue weighted by Crippen LogP contribution is -2.42. The molecule has 0 spiro atoms. The summed E-state index contributed by atoms with van der Waals surface area (Å²) >= 11 is 0. The van der Waals surface area contributed by atoms with Crippen molar-refractivity contribution in [2.75, 3.05) is 7.05 Å². The van der Waals surface area contributed by atoms with E-state index in [2.05, 4.69) is 43.8 Å². The highest BCUT2D eigenvalue weighted by molar-refractivity contribution is 5.16. The first-order chi connectivity index (χ1) is 8.11. The van der Waals surface area contributed by atoms with E-state index in [1.165, 1.54) is 5.56 Å². The average molecular weight is 235 g/mol. The molecule has 0 aliphatic rings. The second kappa shape index (κ2) is 6.72. The maximum atomic E-state index is 6.15. The van der Waals surface area contributed by atoms with Crippen molar-refractivity contribution in [2.45, 2.75) is 51.7 Å². The lowest BCUT2D eigenvalue weighted by molar-refractivity contribution is 0.146. The first-order valence-corrected chi connectivity index (χ1v) is 6.49. The predicted molar refractivity (Wildman–Crippen MR) is 72.8 cm³/mol. The van der Waals surface area contributed by atoms with Gasteiger partial charge in [-0.05, 0) is 38.4 Å². The topological polar surface area (TPSA) is 42.2 Å². The molecule has 0 aliphatic carbocycles. The van der Waals surface area contributed by atoms with Crippen molar-refractivity contribution < 1.29 is 0 Å². The Kier molecular flexibility index (Phi) is 5.59. The molecule has 0 fully saturated rings. The van der Waals surface area contributed by atoms with Crippen molar-refractivity contribution in [1.29, 1.82) is 0 Å². The average Bonchev–Trinajstić information content (AvgIpc) is 2.31. The Morgan fingerprint density at radius 2 is 2.00 bits per heavy atom. The molecule has 0 bridgehead atoms. The summed E-state index contributed by atoms with van der Waals surface area (Å²) in [4.78, 5) is 6.59. The highest BCUT2D eigenvalue weighted by Crippen LogP contribution is 2.25. The number of hydrogen-bond acceptors (Lipinski definition) is 3. The van der Waals surface area contributed by atoms with Gasteiger partial charge in [0.25, 0.3) is 0 Å². The van der Waals surface area contributed by atoms with Crippen LogP contribution in [0.25, 0.3) is 0 Å². The minimum absolute atomic E-state index is 0.102. The van der Waals surface area contributed by atoms with Crippen molar-refractivity contribution in [2.24, 2.45) is 5.73 Å². The smallest absolute Gasteiger partial charge is 0.0511 e. The Hall–Kier alpha value is -0.930. The lowest BCUT2D eigenvalue weighted by Gasteiger charge is -2.36. The van der Waals surface area contributed by atoms with Gasteiger partial charge in [0.05, 0.1) is 6.04 Å². The summed E-state index contributed by atoms with van der Waals surface area (Å²) in [6.07, 6.45) is 6.03. The maximum Gasteiger partial charge on any atom is 0.0511 e. The van der Waals surface area contributed by atoms with Gasteiger partial charge in [0, 0.05) is 24.5 Å². The van der Waals surface area contributed by atoms with Crippen molar-refractivity contribution >= 4 is 0 Å². The van der Waals surface area contributed by atoms with Gasteiger partial charge in [-0.1, -0.05) is 19.9 Å². The Bertz CT molecular complexity index is 307. The fourth-order valence-electron chi connectivity index (χ4n) is 2.55. The third-order valence-corrected chi connectivity index (χ3v) is 3.48. The van der Waals surface area contributed by atoms with Gasteiger partial charge in [-0.2, -0.15) is 0 Å². The van der Waals surface area contributed by atoms with E-state index in [0.717, 1.165) is 12.8 Å². The zero-order valence-electron chi connectivity index (χ0n) is 11.4. The van der Waals surface area contributed by atoms with Crippen LogP contribution in [0, 0.1) is 0 Å². The minimum Gasteiger partial charge on any atom is -0.326 e. The standard InChI is InChI=1S/C14H25N3/c1-5-13(6-2)17(4)14(11(3)15)12-8-7-9-16-10-12/h7-11,13-14H,5-6,15H2,1-4H3. The van der Waals surface area contributed by atoms with E-state index in [9.17, 15) is 0 Å². The molecule has 0 saturated carbocycles. The molecular weight excluding hydrogens is 210 g/mol. The van der Waals surface area contributed by atoms with Gasteiger partial charge >= 0.3 is 0 Å². The Balaban J connectivity index is 2.94. The van der Waals surface area contributed by atoms with Gasteiger partial charge in [-0.15, -0.1) is 0 Å². The number of hydrogen-bond donors (Lipinski definition) is 1. The molecule has 1 heterocycles. The van der Waals surface area contributed by atoms with Crippen molar-refractivity contribution in [1.82, 2.24) is 9.88 Å². The molecule has 3 heteroatoms. The molecule has 2 N–H and O–H groups in total. The third-order valence-electron chi connectivity index (χ3n) is 3.48. The van der Waals surface area contributed by atoms with Gasteiger partial charge in [0.1, 0.15) is 0 Å². The number of likely N-dealkylation sites (N-methyl/N-ethyl adjacent to an activating group) is 1. The Morgan fingerprint density at radius 1 is 1.35 bits per heavy atom. The van der Waals surface area contributed by atoms with Gasteiger partial charge in [-0.25, -0.2) is 0 Å². The molecule has 0 aromatic carbocycles. The second-order valence-electron chi connectivity index (χ2n) is 4.73. The van der Waals surface area contributed by atoms with E-state index in [-0.39, 0.29) is 12.1 Å². The van der Waals surface area contributed by atoms with Crippen LogP contribution in [0.4, 0.5) is 0 Å². The van der Waals surface area contributed by atoms with Crippen LogP contribution in [0.1, 0.15) is 45.2 Å². The van der Waals surface area contributed by atoms with Crippen LogP contribution in [0.5, 0.6) is 0 Å². The number of pyridine rings is 1. The number of aromatic nitrogens is 1. The van der Waals surface area contributed by atoms with Crippen LogP contribution < -0.4 is 5.73 Å². The maximum absolute atomic E-state index is 6.15. The number of nitrogens with two attached hydrogens (primary N) is 1. The molecule has 1 rings (SSSR count). The number of rotatable bonds is 6. The number of nitrogens with zero attached hydrogens (tertiary/aromatic N) is 2. The fourth-order valence-corrected chi connectivity index (χ4v) is 2.55. The molecule has 96 valence electrons. The summed E-state index contributed by atoms with van der Waals surface area (Å²) in [5.41, 5.74) is 7.35. The van der Waals surface area contributed by atoms with Crippen LogP contribution in [0.3, 0.4) is 0 Å². The molecule has 0 radical (unpaired) electrons. The van der Waals surface area contributed by atoms with E-state index >= 15 is 0 Å². The lowest BCUT2D eigenvalue weighted by atomic mass is 9.98. The molecule has 1 aromatic rings. The monoisotopic (exact) mass is 235 g/mol. The predicted octanol–water partition coefficient (Wildman–Crippen LogP) is 2.59. The minimum atomic E-state index is 0.102. The highest BCUT2D eigenvalue weighted by atomic mass is 15.2. The molecule has 3 nitrogen and oxygen atoms in total. The van der Waals surface area contributed by atoms with Crippen LogP contribution in [-0.4, -0.2) is 29.0 Å². The fraction of sp³-hybridized carbons (Fsp3) is 0.643. The quantitative estimate of drug-likeness (QED) is 0.824. The van der Waals surface area contributed by atoms with Crippen molar-refractivity contribution in [3.8, 4) is 0 Å². The van der Waals surface area contributed by atoms with Crippen LogP contribution in [0.2, 0.25) is 0 Å². The first kappa shape index (κ1) is 14.1. The van der Waals surface area contributed by atoms with Gasteiger partial charge in [-0.3, -0.25) is 9.88 Å². The normalized spacial score (nSPS) is 15.2. The summed E-state index contributed by atoms with van der Waals surface area (Å²) in [5, 5.41) is 0. The van der Waals surface area contributed by atoms with Gasteiger partial charge in [0.15, 0.2) is 0 Å². The van der Waals surface area contributed by atoms with E-state index < -0.39 is 0 Å². The molecular formula is C14H25N3. The molecule has 0 saturated heterocycles. The summed E-state index contributed by atoms with van der Waals surface area (Å²) in [6.45, 7) is 6.52. The molecule has 0 aliphatic heterocycles. The SMILES string of the molecule is CCC(CC)N(C)C(c1cccnc1)C(C)N. The third kappa shape index (κ3) is 3.51. The van der Waals surface area contributed by atoms with Crippen LogP contribution >= 0.6 is 0 Å². The van der Waals surface area contributed by atoms with E-state index in [1.807, 2.05) is 12.3 Å². The first-order valence-electron chi connectivity index (χ1n) is 6.49. The molecule has 1 aromatic heterocycles. The molecule has 17 heavy (non-hydrogen) atoms. The summed E-state index contributed by atoms with van der Waals surface area (Å²) < 4.78 is 0. The Labute approximate surface area is 105 Å². The van der Waals surface area contributed by atoms with Crippen LogP contribution in [0.15, 0.2) is 24.5 Å². The van der Waals surface area contributed by atoms with Crippen LogP contribution in [-0.2, 0) is 0 Å². The summed E-state index contributed by atoms with van der Waals surface area (Å²) in [7, 11) is 2.17. The summed E-state index contributed by atoms with van der Waals surface area (Å²) in [5.74, 6) is 0. The highest BCUT2D eigenvalue weighted by Gasteiger charge is 2.25. The van der Waals surface area contributed by atoms with Gasteiger partial charge < -0.3 is 5.73 Å². The zero-order valence-corrected chi connectivity index (χ0v) is 11.4. The van der Waals surface area contributed by atoms with Crippen molar-refractivity contribution in [3.63, 3.8) is 0 Å². The zero-order chi connectivity index (χ0) is 12.8.